The maximum Gasteiger partial charge on any atom is 0.226 e. The summed E-state index contributed by atoms with van der Waals surface area (Å²) in [6.07, 6.45) is 2.63. The molecule has 0 amide bonds. The Morgan fingerprint density at radius 3 is 2.71 bits per heavy atom. The van der Waals surface area contributed by atoms with Crippen molar-refractivity contribution in [3.63, 3.8) is 0 Å². The molecular weight excluding hydrogens is 379 g/mol. The number of aliphatic imine (C=N–C) groups is 1. The largest absolute Gasteiger partial charge is 0.444 e. The van der Waals surface area contributed by atoms with Gasteiger partial charge in [-0.05, 0) is 25.5 Å². The van der Waals surface area contributed by atoms with E-state index in [1.165, 1.54) is 5.56 Å². The van der Waals surface area contributed by atoms with E-state index >= 15 is 0 Å². The number of benzene rings is 1. The van der Waals surface area contributed by atoms with Gasteiger partial charge in [0.2, 0.25) is 5.89 Å². The van der Waals surface area contributed by atoms with Crippen molar-refractivity contribution >= 4 is 29.9 Å². The highest BCUT2D eigenvalue weighted by atomic mass is 127. The third kappa shape index (κ3) is 5.37. The third-order valence-electron chi connectivity index (χ3n) is 2.82. The lowest BCUT2D eigenvalue weighted by Gasteiger charge is -2.01. The summed E-state index contributed by atoms with van der Waals surface area (Å²) in [4.78, 5) is 8.62. The van der Waals surface area contributed by atoms with Crippen molar-refractivity contribution in [1.82, 2.24) is 10.3 Å². The Balaban J connectivity index is 0.00000220. The van der Waals surface area contributed by atoms with Crippen LogP contribution in [0.15, 0.2) is 39.9 Å². The summed E-state index contributed by atoms with van der Waals surface area (Å²) >= 11 is 0. The molecule has 0 aliphatic rings. The summed E-state index contributed by atoms with van der Waals surface area (Å²) in [5.41, 5.74) is 8.66. The number of aryl methyl sites for hydroxylation is 1. The van der Waals surface area contributed by atoms with Crippen LogP contribution in [0.1, 0.15) is 24.6 Å². The van der Waals surface area contributed by atoms with Gasteiger partial charge in [0.1, 0.15) is 12.0 Å². The van der Waals surface area contributed by atoms with Gasteiger partial charge >= 0.3 is 0 Å². The number of nitrogens with two attached hydrogens (primary N) is 1. The Kier molecular flexibility index (Phi) is 7.21. The van der Waals surface area contributed by atoms with E-state index in [2.05, 4.69) is 22.2 Å². The molecule has 0 fully saturated rings. The van der Waals surface area contributed by atoms with Gasteiger partial charge in [0, 0.05) is 12.1 Å². The van der Waals surface area contributed by atoms with Crippen molar-refractivity contribution < 1.29 is 4.42 Å². The molecule has 0 atom stereocenters. The van der Waals surface area contributed by atoms with Crippen molar-refractivity contribution in [3.05, 3.63) is 41.8 Å². The summed E-state index contributed by atoms with van der Waals surface area (Å²) < 4.78 is 5.46. The van der Waals surface area contributed by atoms with Gasteiger partial charge in [-0.2, -0.15) is 0 Å². The molecule has 1 aromatic carbocycles. The van der Waals surface area contributed by atoms with Crippen LogP contribution in [-0.4, -0.2) is 17.5 Å². The normalized spacial score (nSPS) is 11.0. The number of nitrogens with one attached hydrogen (secondary N) is 1. The fourth-order valence-electron chi connectivity index (χ4n) is 1.68. The third-order valence-corrected chi connectivity index (χ3v) is 2.82. The average Bonchev–Trinajstić information content (AvgIpc) is 2.92. The van der Waals surface area contributed by atoms with E-state index in [1.54, 1.807) is 6.26 Å². The van der Waals surface area contributed by atoms with Gasteiger partial charge in [-0.25, -0.2) is 9.98 Å². The van der Waals surface area contributed by atoms with Crippen LogP contribution in [0.25, 0.3) is 11.5 Å². The molecule has 0 radical (unpaired) electrons. The first-order chi connectivity index (χ1) is 9.69. The molecule has 1 heterocycles. The number of hydrogen-bond donors (Lipinski definition) is 2. The lowest BCUT2D eigenvalue weighted by molar-refractivity contribution is 0.572. The molecule has 0 bridgehead atoms. The quantitative estimate of drug-likeness (QED) is 0.460. The van der Waals surface area contributed by atoms with Crippen LogP contribution in [0.5, 0.6) is 0 Å². The average molecular weight is 400 g/mol. The summed E-state index contributed by atoms with van der Waals surface area (Å²) in [6.45, 7) is 5.36. The van der Waals surface area contributed by atoms with Gasteiger partial charge in [-0.15, -0.1) is 24.0 Å². The Labute approximate surface area is 142 Å². The number of hydrogen-bond acceptors (Lipinski definition) is 3. The minimum Gasteiger partial charge on any atom is -0.444 e. The van der Waals surface area contributed by atoms with Gasteiger partial charge in [0.25, 0.3) is 0 Å². The summed E-state index contributed by atoms with van der Waals surface area (Å²) in [6, 6.07) is 8.05. The fourth-order valence-corrected chi connectivity index (χ4v) is 1.68. The van der Waals surface area contributed by atoms with Crippen molar-refractivity contribution in [1.29, 1.82) is 0 Å². The van der Waals surface area contributed by atoms with E-state index in [0.717, 1.165) is 24.2 Å². The van der Waals surface area contributed by atoms with Crippen molar-refractivity contribution in [2.75, 3.05) is 6.54 Å². The van der Waals surface area contributed by atoms with Crippen molar-refractivity contribution in [3.8, 4) is 11.5 Å². The smallest absolute Gasteiger partial charge is 0.226 e. The van der Waals surface area contributed by atoms with Crippen LogP contribution in [0, 0.1) is 6.92 Å². The minimum atomic E-state index is 0. The number of oxazole rings is 1. The van der Waals surface area contributed by atoms with Gasteiger partial charge < -0.3 is 15.5 Å². The maximum absolute atomic E-state index is 5.72. The molecule has 1 aromatic heterocycles. The highest BCUT2D eigenvalue weighted by Crippen LogP contribution is 2.19. The highest BCUT2D eigenvalue weighted by molar-refractivity contribution is 14.0. The molecule has 0 unspecified atom stereocenters. The fraction of sp³-hybridized carbons (Fsp3) is 0.333. The minimum absolute atomic E-state index is 0. The zero-order chi connectivity index (χ0) is 14.4. The van der Waals surface area contributed by atoms with Crippen LogP contribution >= 0.6 is 24.0 Å². The number of aromatic nitrogens is 1. The Bertz CT molecular complexity index is 578. The van der Waals surface area contributed by atoms with Gasteiger partial charge in [0.05, 0.1) is 6.54 Å². The number of guanidine groups is 1. The molecule has 2 rings (SSSR count). The number of nitrogens with zero attached hydrogens (tertiary/aromatic N) is 2. The van der Waals surface area contributed by atoms with Gasteiger partial charge in [-0.3, -0.25) is 0 Å². The summed E-state index contributed by atoms with van der Waals surface area (Å²) in [7, 11) is 0. The van der Waals surface area contributed by atoms with Crippen LogP contribution in [0.2, 0.25) is 0 Å². The van der Waals surface area contributed by atoms with E-state index in [4.69, 9.17) is 10.2 Å². The van der Waals surface area contributed by atoms with Crippen molar-refractivity contribution in [2.24, 2.45) is 10.7 Å². The zero-order valence-electron chi connectivity index (χ0n) is 12.3. The Morgan fingerprint density at radius 1 is 1.33 bits per heavy atom. The SMILES string of the molecule is CCCNC(N)=NCc1coc(-c2ccc(C)cc2)n1.I. The van der Waals surface area contributed by atoms with Gasteiger partial charge in [-0.1, -0.05) is 24.6 Å². The van der Waals surface area contributed by atoms with E-state index in [9.17, 15) is 0 Å². The predicted octanol–water partition coefficient (Wildman–Crippen LogP) is 3.08. The molecule has 0 saturated heterocycles. The molecule has 0 saturated carbocycles. The van der Waals surface area contributed by atoms with E-state index in [0.29, 0.717) is 18.4 Å². The second-order valence-electron chi connectivity index (χ2n) is 4.64. The Hall–Kier alpha value is -1.57. The second-order valence-corrected chi connectivity index (χ2v) is 4.64. The predicted molar refractivity (Wildman–Crippen MR) is 95.7 cm³/mol. The second kappa shape index (κ2) is 8.66. The molecule has 0 aliphatic heterocycles. The molecule has 21 heavy (non-hydrogen) atoms. The zero-order valence-corrected chi connectivity index (χ0v) is 14.6. The van der Waals surface area contributed by atoms with E-state index in [-0.39, 0.29) is 24.0 Å². The maximum atomic E-state index is 5.72. The highest BCUT2D eigenvalue weighted by Gasteiger charge is 2.06. The lowest BCUT2D eigenvalue weighted by Crippen LogP contribution is -2.32. The first-order valence-electron chi connectivity index (χ1n) is 6.74. The van der Waals surface area contributed by atoms with E-state index < -0.39 is 0 Å². The lowest BCUT2D eigenvalue weighted by atomic mass is 10.1. The standard InChI is InChI=1S/C15H20N4O.HI/c1-3-8-17-15(16)18-9-13-10-20-14(19-13)12-6-4-11(2)5-7-12;/h4-7,10H,3,8-9H2,1-2H3,(H3,16,17,18);1H. The monoisotopic (exact) mass is 400 g/mol. The number of halogens is 1. The topological polar surface area (TPSA) is 76.4 Å². The molecular formula is C15H21IN4O. The van der Waals surface area contributed by atoms with Crippen LogP contribution < -0.4 is 11.1 Å². The number of rotatable bonds is 5. The van der Waals surface area contributed by atoms with Crippen molar-refractivity contribution in [2.45, 2.75) is 26.8 Å². The molecule has 0 aliphatic carbocycles. The first-order valence-corrected chi connectivity index (χ1v) is 6.74. The molecule has 0 spiro atoms. The molecule has 3 N–H and O–H groups in total. The van der Waals surface area contributed by atoms with Crippen LogP contribution in [0.4, 0.5) is 0 Å². The first kappa shape index (κ1) is 17.5. The molecule has 5 nitrogen and oxygen atoms in total. The van der Waals surface area contributed by atoms with Gasteiger partial charge in [0.15, 0.2) is 5.96 Å². The summed E-state index contributed by atoms with van der Waals surface area (Å²) in [5, 5.41) is 3.02. The van der Waals surface area contributed by atoms with Crippen LogP contribution in [-0.2, 0) is 6.54 Å². The van der Waals surface area contributed by atoms with Crippen LogP contribution in [0.3, 0.4) is 0 Å². The molecule has 2 aromatic rings. The Morgan fingerprint density at radius 2 is 2.05 bits per heavy atom. The van der Waals surface area contributed by atoms with E-state index in [1.807, 2.05) is 31.2 Å². The molecule has 114 valence electrons. The molecule has 6 heteroatoms. The summed E-state index contributed by atoms with van der Waals surface area (Å²) in [5.74, 6) is 1.04.